The fourth-order valence-electron chi connectivity index (χ4n) is 2.95. The molecule has 0 spiro atoms. The van der Waals surface area contributed by atoms with Crippen LogP contribution in [0.5, 0.6) is 5.75 Å². The number of fused-ring (bicyclic) bond motifs is 2. The zero-order valence-corrected chi connectivity index (χ0v) is 14.1. The first kappa shape index (κ1) is 17.6. The number of nitrogens with zero attached hydrogens (tertiary/aromatic N) is 1. The third-order valence-electron chi connectivity index (χ3n) is 4.21. The van der Waals surface area contributed by atoms with E-state index >= 15 is 0 Å². The topological polar surface area (TPSA) is 72.9 Å². The Labute approximate surface area is 156 Å². The third kappa shape index (κ3) is 2.94. The Bertz CT molecular complexity index is 1090. The van der Waals surface area contributed by atoms with Crippen molar-refractivity contribution < 1.29 is 32.7 Å². The monoisotopic (exact) mass is 383 g/mol. The van der Waals surface area contributed by atoms with E-state index in [1.807, 2.05) is 0 Å². The SMILES string of the molecule is O=C(ON1C(=O)c2ccccc2C1=O)c1cc2ccccc2cc1OC(F)F. The molecule has 0 radical (unpaired) electrons. The van der Waals surface area contributed by atoms with Crippen LogP contribution in [0.15, 0.2) is 60.7 Å². The standard InChI is InChI=1S/C20H11F2NO5/c21-20(22)27-16-10-12-6-2-1-5-11(12)9-15(16)19(26)28-23-17(24)13-7-3-4-8-14(13)18(23)25/h1-10,20H. The number of alkyl halides is 2. The lowest BCUT2D eigenvalue weighted by atomic mass is 10.1. The lowest BCUT2D eigenvalue weighted by Gasteiger charge is -2.15. The van der Waals surface area contributed by atoms with E-state index in [-0.39, 0.29) is 16.7 Å². The molecule has 3 aromatic carbocycles. The van der Waals surface area contributed by atoms with Gasteiger partial charge in [0.25, 0.3) is 11.8 Å². The number of imide groups is 1. The molecule has 6 nitrogen and oxygen atoms in total. The quantitative estimate of drug-likeness (QED) is 0.641. The summed E-state index contributed by atoms with van der Waals surface area (Å²) in [6.07, 6.45) is 0. The first-order valence-corrected chi connectivity index (χ1v) is 8.13. The van der Waals surface area contributed by atoms with Crippen LogP contribution in [0.4, 0.5) is 8.78 Å². The number of rotatable bonds is 4. The van der Waals surface area contributed by atoms with E-state index in [2.05, 4.69) is 4.74 Å². The predicted molar refractivity (Wildman–Crippen MR) is 92.9 cm³/mol. The zero-order chi connectivity index (χ0) is 19.8. The highest BCUT2D eigenvalue weighted by Crippen LogP contribution is 2.30. The summed E-state index contributed by atoms with van der Waals surface area (Å²) in [5.41, 5.74) is -0.165. The van der Waals surface area contributed by atoms with Gasteiger partial charge >= 0.3 is 12.6 Å². The van der Waals surface area contributed by atoms with Crippen molar-refractivity contribution in [3.63, 3.8) is 0 Å². The van der Waals surface area contributed by atoms with Crippen molar-refractivity contribution in [1.82, 2.24) is 5.06 Å². The van der Waals surface area contributed by atoms with E-state index in [4.69, 9.17) is 4.84 Å². The smallest absolute Gasteiger partial charge is 0.387 e. The molecule has 1 aliphatic heterocycles. The Morgan fingerprint density at radius 3 is 1.96 bits per heavy atom. The van der Waals surface area contributed by atoms with Gasteiger partial charge in [0, 0.05) is 0 Å². The van der Waals surface area contributed by atoms with Crippen LogP contribution in [-0.4, -0.2) is 29.5 Å². The highest BCUT2D eigenvalue weighted by Gasteiger charge is 2.39. The average Bonchev–Trinajstić information content (AvgIpc) is 2.92. The summed E-state index contributed by atoms with van der Waals surface area (Å²) in [6.45, 7) is -3.17. The first-order valence-electron chi connectivity index (χ1n) is 8.13. The van der Waals surface area contributed by atoms with E-state index in [0.717, 1.165) is 0 Å². The number of halogens is 2. The minimum atomic E-state index is -3.17. The summed E-state index contributed by atoms with van der Waals surface area (Å²) in [6, 6.07) is 15.3. The first-order chi connectivity index (χ1) is 13.5. The van der Waals surface area contributed by atoms with Crippen molar-refractivity contribution in [2.24, 2.45) is 0 Å². The fraction of sp³-hybridized carbons (Fsp3) is 0.0500. The predicted octanol–water partition coefficient (Wildman–Crippen LogP) is 3.81. The Morgan fingerprint density at radius 2 is 1.39 bits per heavy atom. The number of hydrogen-bond acceptors (Lipinski definition) is 5. The van der Waals surface area contributed by atoms with Crippen LogP contribution in [0.2, 0.25) is 0 Å². The van der Waals surface area contributed by atoms with Crippen LogP contribution in [0.1, 0.15) is 31.1 Å². The number of ether oxygens (including phenoxy) is 1. The second kappa shape index (κ2) is 6.73. The molecule has 3 aromatic rings. The molecule has 0 aromatic heterocycles. The summed E-state index contributed by atoms with van der Waals surface area (Å²) in [5.74, 6) is -3.22. The molecule has 2 amide bonds. The number of hydroxylamine groups is 2. The van der Waals surface area contributed by atoms with Crippen LogP contribution >= 0.6 is 0 Å². The van der Waals surface area contributed by atoms with Crippen LogP contribution in [0, 0.1) is 0 Å². The lowest BCUT2D eigenvalue weighted by Crippen LogP contribution is -2.32. The van der Waals surface area contributed by atoms with Crippen LogP contribution in [0.25, 0.3) is 10.8 Å². The zero-order valence-electron chi connectivity index (χ0n) is 14.1. The lowest BCUT2D eigenvalue weighted by molar-refractivity contribution is -0.0622. The fourth-order valence-corrected chi connectivity index (χ4v) is 2.95. The number of carbonyl (C=O) groups excluding carboxylic acids is 3. The van der Waals surface area contributed by atoms with Crippen molar-refractivity contribution in [1.29, 1.82) is 0 Å². The van der Waals surface area contributed by atoms with Crippen LogP contribution < -0.4 is 4.74 Å². The van der Waals surface area contributed by atoms with Gasteiger partial charge in [0.1, 0.15) is 11.3 Å². The van der Waals surface area contributed by atoms with Crippen molar-refractivity contribution in [3.05, 3.63) is 77.4 Å². The summed E-state index contributed by atoms with van der Waals surface area (Å²) < 4.78 is 30.0. The highest BCUT2D eigenvalue weighted by atomic mass is 19.3. The van der Waals surface area contributed by atoms with Crippen molar-refractivity contribution in [2.45, 2.75) is 6.61 Å². The van der Waals surface area contributed by atoms with Gasteiger partial charge in [0.15, 0.2) is 0 Å². The maximum absolute atomic E-state index is 12.8. The Kier molecular flexibility index (Phi) is 4.23. The van der Waals surface area contributed by atoms with E-state index in [1.165, 1.54) is 24.3 Å². The van der Waals surface area contributed by atoms with E-state index in [1.54, 1.807) is 36.4 Å². The number of carbonyl (C=O) groups is 3. The maximum atomic E-state index is 12.8. The van der Waals surface area contributed by atoms with Gasteiger partial charge in [-0.1, -0.05) is 41.5 Å². The van der Waals surface area contributed by atoms with Gasteiger partial charge in [-0.05, 0) is 35.0 Å². The van der Waals surface area contributed by atoms with Crippen LogP contribution in [-0.2, 0) is 4.84 Å². The summed E-state index contributed by atoms with van der Waals surface area (Å²) in [5, 5.41) is 1.45. The number of benzene rings is 3. The average molecular weight is 383 g/mol. The van der Waals surface area contributed by atoms with Crippen LogP contribution in [0.3, 0.4) is 0 Å². The molecule has 0 aliphatic carbocycles. The normalized spacial score (nSPS) is 13.2. The van der Waals surface area contributed by atoms with Gasteiger partial charge in [-0.2, -0.15) is 8.78 Å². The molecule has 8 heteroatoms. The molecule has 0 bridgehead atoms. The molecule has 0 saturated carbocycles. The minimum Gasteiger partial charge on any atom is -0.434 e. The molecule has 140 valence electrons. The molecule has 0 fully saturated rings. The molecule has 0 N–H and O–H groups in total. The molecule has 4 rings (SSSR count). The Balaban J connectivity index is 1.69. The van der Waals surface area contributed by atoms with Gasteiger partial charge in [0.05, 0.1) is 11.1 Å². The molecule has 1 heterocycles. The van der Waals surface area contributed by atoms with E-state index in [0.29, 0.717) is 15.8 Å². The van der Waals surface area contributed by atoms with E-state index < -0.39 is 30.1 Å². The van der Waals surface area contributed by atoms with Gasteiger partial charge in [-0.25, -0.2) is 4.79 Å². The molecule has 0 atom stereocenters. The summed E-state index contributed by atoms with van der Waals surface area (Å²) in [4.78, 5) is 42.2. The second-order valence-electron chi connectivity index (χ2n) is 5.90. The van der Waals surface area contributed by atoms with Gasteiger partial charge in [-0.15, -0.1) is 0 Å². The molecular formula is C20H11F2NO5. The molecule has 28 heavy (non-hydrogen) atoms. The maximum Gasteiger partial charge on any atom is 0.387 e. The Hall–Kier alpha value is -3.81. The van der Waals surface area contributed by atoms with E-state index in [9.17, 15) is 23.2 Å². The molecule has 0 unspecified atom stereocenters. The molecule has 0 saturated heterocycles. The van der Waals surface area contributed by atoms with Gasteiger partial charge in [-0.3, -0.25) is 9.59 Å². The molecular weight excluding hydrogens is 372 g/mol. The largest absolute Gasteiger partial charge is 0.434 e. The third-order valence-corrected chi connectivity index (χ3v) is 4.21. The van der Waals surface area contributed by atoms with Gasteiger partial charge < -0.3 is 9.57 Å². The highest BCUT2D eigenvalue weighted by molar-refractivity contribution is 6.21. The van der Waals surface area contributed by atoms with Crippen molar-refractivity contribution in [2.75, 3.05) is 0 Å². The second-order valence-corrected chi connectivity index (χ2v) is 5.90. The minimum absolute atomic E-state index is 0.0860. The number of amides is 2. The Morgan fingerprint density at radius 1 is 0.857 bits per heavy atom. The van der Waals surface area contributed by atoms with Crippen molar-refractivity contribution in [3.8, 4) is 5.75 Å². The summed E-state index contributed by atoms with van der Waals surface area (Å²) >= 11 is 0. The molecule has 1 aliphatic rings. The summed E-state index contributed by atoms with van der Waals surface area (Å²) in [7, 11) is 0. The van der Waals surface area contributed by atoms with Crippen molar-refractivity contribution >= 4 is 28.6 Å². The van der Waals surface area contributed by atoms with Gasteiger partial charge in [0.2, 0.25) is 0 Å². The number of hydrogen-bond donors (Lipinski definition) is 0.